The molecular weight excluding hydrogens is 337 g/mol. The number of hydrogen-bond acceptors (Lipinski definition) is 3. The highest BCUT2D eigenvalue weighted by Crippen LogP contribution is 2.29. The molecule has 0 fully saturated rings. The van der Waals surface area contributed by atoms with Gasteiger partial charge in [0.05, 0.1) is 12.2 Å². The lowest BCUT2D eigenvalue weighted by atomic mass is 10.1. The van der Waals surface area contributed by atoms with Crippen LogP contribution < -0.4 is 10.6 Å². The molecule has 0 spiro atoms. The highest BCUT2D eigenvalue weighted by Gasteiger charge is 2.29. The van der Waals surface area contributed by atoms with Crippen LogP contribution in [0, 0.1) is 0 Å². The molecule has 0 bridgehead atoms. The van der Waals surface area contributed by atoms with Crippen molar-refractivity contribution in [1.29, 1.82) is 0 Å². The molecule has 2 N–H and O–H groups in total. The van der Waals surface area contributed by atoms with Gasteiger partial charge in [0.2, 0.25) is 0 Å². The Bertz CT molecular complexity index is 741. The molecule has 8 heteroatoms. The number of carbonyl (C=O) groups is 2. The number of amides is 2. The van der Waals surface area contributed by atoms with E-state index in [4.69, 9.17) is 4.74 Å². The molecule has 0 unspecified atom stereocenters. The SMILES string of the molecule is CCOC(=O)Nc1ccc(C(=O)Nc2ccc(C(F)(F)F)cc2)cc1. The summed E-state index contributed by atoms with van der Waals surface area (Å²) in [4.78, 5) is 23.4. The largest absolute Gasteiger partial charge is 0.450 e. The van der Waals surface area contributed by atoms with Gasteiger partial charge in [0.25, 0.3) is 5.91 Å². The molecule has 0 heterocycles. The minimum atomic E-state index is -4.43. The standard InChI is InChI=1S/C17H15F3N2O3/c1-2-25-16(24)22-14-7-3-11(4-8-14)15(23)21-13-9-5-12(6-10-13)17(18,19)20/h3-10H,2H2,1H3,(H,21,23)(H,22,24). The zero-order chi connectivity index (χ0) is 18.4. The summed E-state index contributed by atoms with van der Waals surface area (Å²) < 4.78 is 42.2. The second kappa shape index (κ2) is 7.69. The number of rotatable bonds is 4. The second-order valence-corrected chi connectivity index (χ2v) is 4.95. The van der Waals surface area contributed by atoms with Crippen LogP contribution in [0.15, 0.2) is 48.5 Å². The summed E-state index contributed by atoms with van der Waals surface area (Å²) in [6, 6.07) is 10.1. The van der Waals surface area contributed by atoms with Gasteiger partial charge in [-0.2, -0.15) is 13.2 Å². The van der Waals surface area contributed by atoms with E-state index in [1.807, 2.05) is 0 Å². The molecule has 0 aliphatic carbocycles. The molecule has 0 saturated heterocycles. The van der Waals surface area contributed by atoms with E-state index in [0.717, 1.165) is 12.1 Å². The molecule has 2 aromatic carbocycles. The summed E-state index contributed by atoms with van der Waals surface area (Å²) in [6.45, 7) is 1.91. The Morgan fingerprint density at radius 1 is 0.920 bits per heavy atom. The van der Waals surface area contributed by atoms with E-state index < -0.39 is 23.7 Å². The summed E-state index contributed by atoms with van der Waals surface area (Å²) >= 11 is 0. The van der Waals surface area contributed by atoms with Crippen molar-refractivity contribution in [2.45, 2.75) is 13.1 Å². The molecule has 2 rings (SSSR count). The van der Waals surface area contributed by atoms with Crippen LogP contribution in [-0.4, -0.2) is 18.6 Å². The van der Waals surface area contributed by atoms with Gasteiger partial charge < -0.3 is 10.1 Å². The Kier molecular flexibility index (Phi) is 5.63. The molecule has 0 aliphatic rings. The molecule has 0 radical (unpaired) electrons. The summed E-state index contributed by atoms with van der Waals surface area (Å²) in [6.07, 6.45) is -5.03. The van der Waals surface area contributed by atoms with Crippen LogP contribution in [0.2, 0.25) is 0 Å². The lowest BCUT2D eigenvalue weighted by Crippen LogP contribution is -2.14. The third kappa shape index (κ3) is 5.23. The fourth-order valence-corrected chi connectivity index (χ4v) is 1.94. The van der Waals surface area contributed by atoms with E-state index in [-0.39, 0.29) is 17.9 Å². The molecule has 0 saturated carbocycles. The third-order valence-corrected chi connectivity index (χ3v) is 3.14. The molecule has 0 atom stereocenters. The monoisotopic (exact) mass is 352 g/mol. The van der Waals surface area contributed by atoms with E-state index in [2.05, 4.69) is 10.6 Å². The lowest BCUT2D eigenvalue weighted by Gasteiger charge is -2.09. The Hall–Kier alpha value is -3.03. The highest BCUT2D eigenvalue weighted by molar-refractivity contribution is 6.04. The van der Waals surface area contributed by atoms with Gasteiger partial charge in [-0.25, -0.2) is 4.79 Å². The minimum Gasteiger partial charge on any atom is -0.450 e. The van der Waals surface area contributed by atoms with Crippen molar-refractivity contribution in [1.82, 2.24) is 0 Å². The number of ether oxygens (including phenoxy) is 1. The van der Waals surface area contributed by atoms with Gasteiger partial charge in [-0.1, -0.05) is 0 Å². The maximum Gasteiger partial charge on any atom is 0.416 e. The van der Waals surface area contributed by atoms with Crippen LogP contribution in [0.5, 0.6) is 0 Å². The fourth-order valence-electron chi connectivity index (χ4n) is 1.94. The van der Waals surface area contributed by atoms with E-state index in [1.54, 1.807) is 6.92 Å². The third-order valence-electron chi connectivity index (χ3n) is 3.14. The van der Waals surface area contributed by atoms with Crippen molar-refractivity contribution >= 4 is 23.4 Å². The average molecular weight is 352 g/mol. The molecular formula is C17H15F3N2O3. The Balaban J connectivity index is 2.00. The number of anilines is 2. The zero-order valence-corrected chi connectivity index (χ0v) is 13.2. The molecule has 0 aromatic heterocycles. The van der Waals surface area contributed by atoms with E-state index >= 15 is 0 Å². The predicted molar refractivity (Wildman–Crippen MR) is 86.5 cm³/mol. The number of alkyl halides is 3. The summed E-state index contributed by atoms with van der Waals surface area (Å²) in [5, 5.41) is 4.98. The Morgan fingerprint density at radius 3 is 1.96 bits per heavy atom. The van der Waals surface area contributed by atoms with Crippen LogP contribution in [0.4, 0.5) is 29.3 Å². The van der Waals surface area contributed by atoms with Gasteiger partial charge in [0.15, 0.2) is 0 Å². The van der Waals surface area contributed by atoms with E-state index in [0.29, 0.717) is 5.69 Å². The van der Waals surface area contributed by atoms with E-state index in [1.165, 1.54) is 36.4 Å². The van der Waals surface area contributed by atoms with Crippen molar-refractivity contribution in [3.8, 4) is 0 Å². The Morgan fingerprint density at radius 2 is 1.44 bits per heavy atom. The summed E-state index contributed by atoms with van der Waals surface area (Å²) in [5.74, 6) is -0.484. The van der Waals surface area contributed by atoms with Crippen LogP contribution in [-0.2, 0) is 10.9 Å². The summed E-state index contributed by atoms with van der Waals surface area (Å²) in [5.41, 5.74) is 0.186. The predicted octanol–water partition coefficient (Wildman–Crippen LogP) is 4.53. The summed E-state index contributed by atoms with van der Waals surface area (Å²) in [7, 11) is 0. The topological polar surface area (TPSA) is 67.4 Å². The molecule has 132 valence electrons. The molecule has 0 aliphatic heterocycles. The van der Waals surface area contributed by atoms with Crippen LogP contribution in [0.3, 0.4) is 0 Å². The first-order valence-electron chi connectivity index (χ1n) is 7.32. The first-order valence-corrected chi connectivity index (χ1v) is 7.32. The van der Waals surface area contributed by atoms with Crippen molar-refractivity contribution in [2.75, 3.05) is 17.2 Å². The molecule has 2 amide bonds. The zero-order valence-electron chi connectivity index (χ0n) is 13.2. The number of carbonyl (C=O) groups excluding carboxylic acids is 2. The minimum absolute atomic E-state index is 0.236. The number of benzene rings is 2. The highest BCUT2D eigenvalue weighted by atomic mass is 19.4. The second-order valence-electron chi connectivity index (χ2n) is 4.95. The van der Waals surface area contributed by atoms with Crippen LogP contribution >= 0.6 is 0 Å². The first-order chi connectivity index (χ1) is 11.8. The number of nitrogens with one attached hydrogen (secondary N) is 2. The van der Waals surface area contributed by atoms with Crippen molar-refractivity contribution < 1.29 is 27.5 Å². The fraction of sp³-hybridized carbons (Fsp3) is 0.176. The van der Waals surface area contributed by atoms with Crippen molar-refractivity contribution in [3.63, 3.8) is 0 Å². The van der Waals surface area contributed by atoms with Gasteiger partial charge in [0.1, 0.15) is 0 Å². The maximum absolute atomic E-state index is 12.5. The van der Waals surface area contributed by atoms with Gasteiger partial charge in [0, 0.05) is 16.9 Å². The van der Waals surface area contributed by atoms with Crippen LogP contribution in [0.1, 0.15) is 22.8 Å². The smallest absolute Gasteiger partial charge is 0.416 e. The van der Waals surface area contributed by atoms with Gasteiger partial charge in [-0.15, -0.1) is 0 Å². The normalized spacial score (nSPS) is 10.9. The van der Waals surface area contributed by atoms with Crippen molar-refractivity contribution in [3.05, 3.63) is 59.7 Å². The first kappa shape index (κ1) is 18.3. The van der Waals surface area contributed by atoms with Crippen LogP contribution in [0.25, 0.3) is 0 Å². The molecule has 25 heavy (non-hydrogen) atoms. The van der Waals surface area contributed by atoms with E-state index in [9.17, 15) is 22.8 Å². The quantitative estimate of drug-likeness (QED) is 0.850. The number of halogens is 3. The lowest BCUT2D eigenvalue weighted by molar-refractivity contribution is -0.137. The van der Waals surface area contributed by atoms with Gasteiger partial charge in [-0.3, -0.25) is 10.1 Å². The average Bonchev–Trinajstić information content (AvgIpc) is 2.55. The molecule has 5 nitrogen and oxygen atoms in total. The van der Waals surface area contributed by atoms with Crippen molar-refractivity contribution in [2.24, 2.45) is 0 Å². The van der Waals surface area contributed by atoms with Gasteiger partial charge >= 0.3 is 12.3 Å². The van der Waals surface area contributed by atoms with Gasteiger partial charge in [-0.05, 0) is 55.5 Å². The number of hydrogen-bond donors (Lipinski definition) is 2. The molecule has 2 aromatic rings. The maximum atomic E-state index is 12.5. The Labute approximate surface area is 141 Å².